The molecule has 1 N–H and O–H groups in total. The molecule has 1 saturated heterocycles. The molecule has 1 aliphatic heterocycles. The van der Waals surface area contributed by atoms with Crippen molar-refractivity contribution in [2.75, 3.05) is 20.2 Å². The Morgan fingerprint density at radius 3 is 2.88 bits per heavy atom. The number of alkyl halides is 1. The first-order valence-corrected chi connectivity index (χ1v) is 9.38. The Bertz CT molecular complexity index is 656. The molecule has 3 nitrogen and oxygen atoms in total. The summed E-state index contributed by atoms with van der Waals surface area (Å²) in [6, 6.07) is 6.01. The van der Waals surface area contributed by atoms with Crippen molar-refractivity contribution >= 4 is 11.8 Å². The van der Waals surface area contributed by atoms with Gasteiger partial charge in [0.05, 0.1) is 7.11 Å². The fourth-order valence-electron chi connectivity index (χ4n) is 3.74. The molecule has 0 spiro atoms. The second-order valence-corrected chi connectivity index (χ2v) is 7.14. The molecule has 4 heteroatoms. The maximum atomic E-state index is 15.5. The first-order chi connectivity index (χ1) is 12.5. The van der Waals surface area contributed by atoms with E-state index in [0.717, 1.165) is 30.5 Å². The quantitative estimate of drug-likeness (QED) is 0.521. The zero-order valence-electron chi connectivity index (χ0n) is 16.2. The second kappa shape index (κ2) is 9.67. The summed E-state index contributed by atoms with van der Waals surface area (Å²) < 4.78 is 20.8. The number of halogens is 1. The monoisotopic (exact) mass is 358 g/mol. The Labute approximate surface area is 157 Å². The Morgan fingerprint density at radius 1 is 1.46 bits per heavy atom. The second-order valence-electron chi connectivity index (χ2n) is 7.14. The average molecular weight is 359 g/mol. The van der Waals surface area contributed by atoms with Gasteiger partial charge >= 0.3 is 0 Å². The highest BCUT2D eigenvalue weighted by atomic mass is 19.1. The third-order valence-corrected chi connectivity index (χ3v) is 5.27. The summed E-state index contributed by atoms with van der Waals surface area (Å²) in [5.41, 5.74) is 2.35. The number of hydrogen-bond acceptors (Lipinski definition) is 3. The summed E-state index contributed by atoms with van der Waals surface area (Å²) >= 11 is 0. The lowest BCUT2D eigenvalue weighted by Crippen LogP contribution is -2.42. The van der Waals surface area contributed by atoms with Gasteiger partial charge in [-0.1, -0.05) is 25.5 Å². The molecule has 2 unspecified atom stereocenters. The van der Waals surface area contributed by atoms with E-state index < -0.39 is 6.17 Å². The largest absolute Gasteiger partial charge is 0.497 e. The molecule has 0 bridgehead atoms. The highest BCUT2D eigenvalue weighted by Gasteiger charge is 2.28. The van der Waals surface area contributed by atoms with Gasteiger partial charge in [0.2, 0.25) is 0 Å². The van der Waals surface area contributed by atoms with E-state index in [-0.39, 0.29) is 5.92 Å². The van der Waals surface area contributed by atoms with Crippen LogP contribution in [0.2, 0.25) is 0 Å². The van der Waals surface area contributed by atoms with Gasteiger partial charge < -0.3 is 10.1 Å². The van der Waals surface area contributed by atoms with Crippen LogP contribution in [-0.2, 0) is 0 Å². The molecule has 0 radical (unpaired) electrons. The van der Waals surface area contributed by atoms with E-state index in [0.29, 0.717) is 23.9 Å². The van der Waals surface area contributed by atoms with E-state index in [1.807, 2.05) is 38.1 Å². The normalized spacial score (nSPS) is 21.1. The third-order valence-electron chi connectivity index (χ3n) is 5.27. The van der Waals surface area contributed by atoms with Gasteiger partial charge in [-0.15, -0.1) is 6.58 Å². The van der Waals surface area contributed by atoms with Gasteiger partial charge in [-0.3, -0.25) is 4.90 Å². The van der Waals surface area contributed by atoms with Crippen LogP contribution in [0.3, 0.4) is 0 Å². The van der Waals surface area contributed by atoms with E-state index in [2.05, 4.69) is 11.5 Å². The number of nitrogens with zero attached hydrogens (tertiary/aromatic N) is 1. The molecule has 3 atom stereocenters. The number of hydrogen-bond donors (Lipinski definition) is 1. The van der Waals surface area contributed by atoms with Gasteiger partial charge in [0.1, 0.15) is 11.9 Å². The molecule has 0 amide bonds. The van der Waals surface area contributed by atoms with E-state index >= 15 is 4.39 Å². The highest BCUT2D eigenvalue weighted by Crippen LogP contribution is 2.32. The minimum Gasteiger partial charge on any atom is -0.497 e. The predicted octanol–water partition coefficient (Wildman–Crippen LogP) is 5.05. The summed E-state index contributed by atoms with van der Waals surface area (Å²) in [6.07, 6.45) is 7.06. The lowest BCUT2D eigenvalue weighted by Gasteiger charge is -2.36. The van der Waals surface area contributed by atoms with Crippen molar-refractivity contribution in [2.45, 2.75) is 45.3 Å². The summed E-state index contributed by atoms with van der Waals surface area (Å²) in [5, 5.41) is 7.48. The predicted molar refractivity (Wildman–Crippen MR) is 108 cm³/mol. The smallest absolute Gasteiger partial charge is 0.130 e. The van der Waals surface area contributed by atoms with Crippen LogP contribution < -0.4 is 4.74 Å². The molecular weight excluding hydrogens is 327 g/mol. The number of rotatable bonds is 8. The van der Waals surface area contributed by atoms with Crippen molar-refractivity contribution in [3.05, 3.63) is 48.1 Å². The molecule has 0 aliphatic carbocycles. The van der Waals surface area contributed by atoms with E-state index in [4.69, 9.17) is 10.1 Å². The first kappa shape index (κ1) is 20.4. The fraction of sp³-hybridized carbons (Fsp3) is 0.500. The molecular formula is C22H31FN2O. The highest BCUT2D eigenvalue weighted by molar-refractivity contribution is 5.85. The minimum atomic E-state index is -1.14. The van der Waals surface area contributed by atoms with Gasteiger partial charge in [0.15, 0.2) is 0 Å². The SMILES string of the molecule is C=CC1CCCCN1CC(C)[C@H](F)/C(=C/C=N)c1cc(OC)ccc1C. The maximum Gasteiger partial charge on any atom is 0.130 e. The molecule has 26 heavy (non-hydrogen) atoms. The zero-order valence-corrected chi connectivity index (χ0v) is 16.2. The summed E-state index contributed by atoms with van der Waals surface area (Å²) in [4.78, 5) is 2.34. The van der Waals surface area contributed by atoms with Crippen LogP contribution in [0, 0.1) is 18.3 Å². The van der Waals surface area contributed by atoms with Crippen molar-refractivity contribution in [3.8, 4) is 5.75 Å². The fourth-order valence-corrected chi connectivity index (χ4v) is 3.74. The molecule has 0 aromatic heterocycles. The van der Waals surface area contributed by atoms with Gasteiger partial charge in [0.25, 0.3) is 0 Å². The van der Waals surface area contributed by atoms with Crippen molar-refractivity contribution < 1.29 is 9.13 Å². The van der Waals surface area contributed by atoms with Crippen LogP contribution >= 0.6 is 0 Å². The van der Waals surface area contributed by atoms with Crippen LogP contribution in [-0.4, -0.2) is 43.5 Å². The molecule has 1 aliphatic rings. The van der Waals surface area contributed by atoms with Crippen molar-refractivity contribution in [1.29, 1.82) is 5.41 Å². The standard InChI is InChI=1S/C22H31FN2O/c1-5-18-8-6-7-13-25(18)15-17(3)22(23)20(11-12-24)21-14-19(26-4)10-9-16(21)2/h5,9-12,14,17-18,22,24H,1,6-8,13,15H2,2-4H3/b20-11+,24-12?/t17?,18?,22-/m0/s1. The van der Waals surface area contributed by atoms with E-state index in [9.17, 15) is 0 Å². The summed E-state index contributed by atoms with van der Waals surface area (Å²) in [7, 11) is 1.61. The Balaban J connectivity index is 2.22. The average Bonchev–Trinajstić information content (AvgIpc) is 2.66. The van der Waals surface area contributed by atoms with Crippen molar-refractivity contribution in [1.82, 2.24) is 4.90 Å². The number of piperidine rings is 1. The molecule has 142 valence electrons. The number of benzene rings is 1. The molecule has 1 heterocycles. The number of nitrogens with one attached hydrogen (secondary N) is 1. The number of allylic oxidation sites excluding steroid dienone is 2. The van der Waals surface area contributed by atoms with Gasteiger partial charge in [0, 0.05) is 24.7 Å². The zero-order chi connectivity index (χ0) is 19.1. The summed E-state index contributed by atoms with van der Waals surface area (Å²) in [6.45, 7) is 9.54. The molecule has 1 fully saturated rings. The number of aryl methyl sites for hydroxylation is 1. The third kappa shape index (κ3) is 4.82. The Kier molecular flexibility index (Phi) is 7.58. The lowest BCUT2D eigenvalue weighted by molar-refractivity contribution is 0.135. The Hall–Kier alpha value is -1.94. The van der Waals surface area contributed by atoms with Crippen molar-refractivity contribution in [3.63, 3.8) is 0 Å². The number of ether oxygens (including phenoxy) is 1. The maximum absolute atomic E-state index is 15.5. The van der Waals surface area contributed by atoms with Crippen LogP contribution in [0.4, 0.5) is 4.39 Å². The van der Waals surface area contributed by atoms with Crippen molar-refractivity contribution in [2.24, 2.45) is 5.92 Å². The van der Waals surface area contributed by atoms with Crippen LogP contribution in [0.1, 0.15) is 37.3 Å². The number of methoxy groups -OCH3 is 1. The van der Waals surface area contributed by atoms with E-state index in [1.165, 1.54) is 12.6 Å². The molecule has 1 aromatic carbocycles. The lowest BCUT2D eigenvalue weighted by atomic mass is 9.89. The van der Waals surface area contributed by atoms with E-state index in [1.54, 1.807) is 13.2 Å². The van der Waals surface area contributed by atoms with Gasteiger partial charge in [-0.05, 0) is 61.2 Å². The number of likely N-dealkylation sites (tertiary alicyclic amines) is 1. The molecule has 0 saturated carbocycles. The summed E-state index contributed by atoms with van der Waals surface area (Å²) in [5.74, 6) is 0.524. The first-order valence-electron chi connectivity index (χ1n) is 9.38. The van der Waals surface area contributed by atoms with Crippen LogP contribution in [0.5, 0.6) is 5.75 Å². The van der Waals surface area contributed by atoms with Crippen LogP contribution in [0.25, 0.3) is 5.57 Å². The van der Waals surface area contributed by atoms with Crippen LogP contribution in [0.15, 0.2) is 36.9 Å². The molecule has 2 rings (SSSR count). The van der Waals surface area contributed by atoms with Gasteiger partial charge in [-0.25, -0.2) is 4.39 Å². The molecule has 1 aromatic rings. The Morgan fingerprint density at radius 2 is 2.23 bits per heavy atom. The topological polar surface area (TPSA) is 36.3 Å². The van der Waals surface area contributed by atoms with Gasteiger partial charge in [-0.2, -0.15) is 0 Å². The minimum absolute atomic E-state index is 0.174.